The summed E-state index contributed by atoms with van der Waals surface area (Å²) >= 11 is 5.12. The van der Waals surface area contributed by atoms with Crippen LogP contribution in [0.5, 0.6) is 5.75 Å². The van der Waals surface area contributed by atoms with Crippen LogP contribution in [0.3, 0.4) is 0 Å². The second-order valence-corrected chi connectivity index (χ2v) is 7.87. The second-order valence-electron chi connectivity index (χ2n) is 4.47. The Hall–Kier alpha value is -0.820. The molecule has 1 fully saturated rings. The maximum Gasteiger partial charge on any atom is 0.294 e. The molecule has 0 aliphatic carbocycles. The number of halogens is 2. The molecule has 23 heavy (non-hydrogen) atoms. The number of carbonyl (C=O) groups excluding carboxylic acids is 3. The molecule has 0 bridgehead atoms. The zero-order chi connectivity index (χ0) is 17.1. The Bertz CT molecular complexity index is 721. The van der Waals surface area contributed by atoms with Gasteiger partial charge < -0.3 is 10.5 Å². The van der Waals surface area contributed by atoms with Crippen LogP contribution < -0.4 is 10.5 Å². The third-order valence-electron chi connectivity index (χ3n) is 2.80. The van der Waals surface area contributed by atoms with Crippen molar-refractivity contribution in [3.63, 3.8) is 0 Å². The molecule has 1 aromatic carbocycles. The number of thioether (sulfide) groups is 1. The minimum atomic E-state index is -0.729. The standard InChI is InChI=1S/C14H12I2N2O4S/c1-2-22-12-7(3-8(15)5-9(12)16)4-10-13(20)18(6-11(17)19)14(21)23-10/h3-5H,2,6H2,1H3,(H2,17,19)/b10-4-. The maximum atomic E-state index is 12.3. The summed E-state index contributed by atoms with van der Waals surface area (Å²) in [5.41, 5.74) is 5.78. The molecule has 1 aliphatic heterocycles. The van der Waals surface area contributed by atoms with Gasteiger partial charge >= 0.3 is 0 Å². The minimum absolute atomic E-state index is 0.245. The van der Waals surface area contributed by atoms with Crippen molar-refractivity contribution in [2.24, 2.45) is 5.73 Å². The van der Waals surface area contributed by atoms with Crippen LogP contribution in [0.15, 0.2) is 17.0 Å². The molecule has 0 saturated carbocycles. The molecule has 3 amide bonds. The fourth-order valence-electron chi connectivity index (χ4n) is 1.92. The Labute approximate surface area is 164 Å². The number of rotatable bonds is 5. The summed E-state index contributed by atoms with van der Waals surface area (Å²) in [6.07, 6.45) is 1.61. The average molecular weight is 558 g/mol. The summed E-state index contributed by atoms with van der Waals surface area (Å²) in [5, 5.41) is -0.502. The molecule has 9 heteroatoms. The van der Waals surface area contributed by atoms with E-state index in [0.717, 1.165) is 23.8 Å². The maximum absolute atomic E-state index is 12.3. The van der Waals surface area contributed by atoms with E-state index in [9.17, 15) is 14.4 Å². The molecule has 0 aromatic heterocycles. The SMILES string of the molecule is CCOc1c(I)cc(I)cc1/C=C1\SC(=O)N(CC(N)=O)C1=O. The Morgan fingerprint density at radius 3 is 2.70 bits per heavy atom. The van der Waals surface area contributed by atoms with Crippen LogP contribution in [0.25, 0.3) is 6.08 Å². The van der Waals surface area contributed by atoms with Gasteiger partial charge in [-0.25, -0.2) is 0 Å². The van der Waals surface area contributed by atoms with E-state index in [4.69, 9.17) is 10.5 Å². The predicted molar refractivity (Wildman–Crippen MR) is 105 cm³/mol. The van der Waals surface area contributed by atoms with Gasteiger partial charge in [0.15, 0.2) is 0 Å². The van der Waals surface area contributed by atoms with Crippen molar-refractivity contribution < 1.29 is 19.1 Å². The highest BCUT2D eigenvalue weighted by molar-refractivity contribution is 14.1. The third-order valence-corrected chi connectivity index (χ3v) is 5.13. The number of benzene rings is 1. The summed E-state index contributed by atoms with van der Waals surface area (Å²) in [6.45, 7) is 1.95. The summed E-state index contributed by atoms with van der Waals surface area (Å²) in [7, 11) is 0. The Morgan fingerprint density at radius 2 is 2.09 bits per heavy atom. The number of hydrogen-bond donors (Lipinski definition) is 1. The van der Waals surface area contributed by atoms with Crippen LogP contribution in [-0.4, -0.2) is 35.1 Å². The number of imide groups is 1. The van der Waals surface area contributed by atoms with Crippen molar-refractivity contribution in [1.82, 2.24) is 4.90 Å². The van der Waals surface area contributed by atoms with Crippen LogP contribution in [0.2, 0.25) is 0 Å². The first-order valence-corrected chi connectivity index (χ1v) is 9.46. The monoisotopic (exact) mass is 558 g/mol. The molecule has 1 saturated heterocycles. The van der Waals surface area contributed by atoms with Crippen LogP contribution in [0, 0.1) is 7.14 Å². The second kappa shape index (κ2) is 7.83. The van der Waals surface area contributed by atoms with Gasteiger partial charge in [-0.15, -0.1) is 0 Å². The molecule has 0 unspecified atom stereocenters. The van der Waals surface area contributed by atoms with Gasteiger partial charge in [0.1, 0.15) is 12.3 Å². The van der Waals surface area contributed by atoms with Crippen molar-refractivity contribution in [2.45, 2.75) is 6.92 Å². The van der Waals surface area contributed by atoms with E-state index in [-0.39, 0.29) is 4.91 Å². The quantitative estimate of drug-likeness (QED) is 0.444. The van der Waals surface area contributed by atoms with Crippen molar-refractivity contribution in [3.05, 3.63) is 29.7 Å². The molecule has 0 radical (unpaired) electrons. The summed E-state index contributed by atoms with van der Waals surface area (Å²) in [4.78, 5) is 36.2. The molecule has 1 heterocycles. The van der Waals surface area contributed by atoms with E-state index in [1.165, 1.54) is 0 Å². The van der Waals surface area contributed by atoms with Gasteiger partial charge in [0, 0.05) is 9.13 Å². The highest BCUT2D eigenvalue weighted by atomic mass is 127. The molecule has 0 atom stereocenters. The van der Waals surface area contributed by atoms with E-state index < -0.39 is 23.6 Å². The molecule has 1 aliphatic rings. The van der Waals surface area contributed by atoms with Crippen LogP contribution in [0.1, 0.15) is 12.5 Å². The van der Waals surface area contributed by atoms with Crippen molar-refractivity contribution >= 4 is 80.1 Å². The predicted octanol–water partition coefficient (Wildman–Crippen LogP) is 2.82. The van der Waals surface area contributed by atoms with E-state index >= 15 is 0 Å². The van der Waals surface area contributed by atoms with Crippen LogP contribution in [-0.2, 0) is 9.59 Å². The molecule has 0 spiro atoms. The fraction of sp³-hybridized carbons (Fsp3) is 0.214. The summed E-state index contributed by atoms with van der Waals surface area (Å²) in [6, 6.07) is 3.83. The van der Waals surface area contributed by atoms with Crippen molar-refractivity contribution in [1.29, 1.82) is 0 Å². The first kappa shape index (κ1) is 18.5. The van der Waals surface area contributed by atoms with Gasteiger partial charge in [0.25, 0.3) is 11.1 Å². The molecule has 2 rings (SSSR count). The lowest BCUT2D eigenvalue weighted by Crippen LogP contribution is -2.36. The lowest BCUT2D eigenvalue weighted by molar-refractivity contribution is -0.127. The smallest absolute Gasteiger partial charge is 0.294 e. The Balaban J connectivity index is 2.41. The number of hydrogen-bond acceptors (Lipinski definition) is 5. The first-order valence-electron chi connectivity index (χ1n) is 6.49. The third kappa shape index (κ3) is 4.38. The summed E-state index contributed by atoms with van der Waals surface area (Å²) < 4.78 is 7.54. The largest absolute Gasteiger partial charge is 0.492 e. The molecule has 122 valence electrons. The molecular weight excluding hydrogens is 546 g/mol. The molecule has 1 aromatic rings. The minimum Gasteiger partial charge on any atom is -0.492 e. The zero-order valence-electron chi connectivity index (χ0n) is 12.0. The molecule has 2 N–H and O–H groups in total. The lowest BCUT2D eigenvalue weighted by atomic mass is 10.2. The highest BCUT2D eigenvalue weighted by Crippen LogP contribution is 2.36. The van der Waals surface area contributed by atoms with Gasteiger partial charge in [-0.05, 0) is 82.1 Å². The van der Waals surface area contributed by atoms with E-state index in [2.05, 4.69) is 45.2 Å². The number of ether oxygens (including phenoxy) is 1. The van der Waals surface area contributed by atoms with E-state index in [1.54, 1.807) is 6.08 Å². The summed E-state index contributed by atoms with van der Waals surface area (Å²) in [5.74, 6) is -0.585. The topological polar surface area (TPSA) is 89.7 Å². The normalized spacial score (nSPS) is 16.3. The van der Waals surface area contributed by atoms with Crippen LogP contribution >= 0.6 is 56.9 Å². The van der Waals surface area contributed by atoms with Gasteiger partial charge in [-0.3, -0.25) is 19.3 Å². The number of nitrogens with two attached hydrogens (primary N) is 1. The average Bonchev–Trinajstić information content (AvgIpc) is 2.70. The van der Waals surface area contributed by atoms with Gasteiger partial charge in [-0.1, -0.05) is 0 Å². The molecule has 6 nitrogen and oxygen atoms in total. The zero-order valence-corrected chi connectivity index (χ0v) is 17.1. The Morgan fingerprint density at radius 1 is 1.39 bits per heavy atom. The number of carbonyl (C=O) groups is 3. The fourth-order valence-corrected chi connectivity index (χ4v) is 4.79. The number of amides is 3. The number of nitrogens with zero attached hydrogens (tertiary/aromatic N) is 1. The van der Waals surface area contributed by atoms with Gasteiger partial charge in [0.05, 0.1) is 15.1 Å². The van der Waals surface area contributed by atoms with E-state index in [1.807, 2.05) is 19.1 Å². The van der Waals surface area contributed by atoms with Crippen molar-refractivity contribution in [2.75, 3.05) is 13.2 Å². The van der Waals surface area contributed by atoms with Gasteiger partial charge in [-0.2, -0.15) is 0 Å². The van der Waals surface area contributed by atoms with Crippen molar-refractivity contribution in [3.8, 4) is 5.75 Å². The number of primary amides is 1. The lowest BCUT2D eigenvalue weighted by Gasteiger charge is -2.11. The van der Waals surface area contributed by atoms with E-state index in [0.29, 0.717) is 17.9 Å². The highest BCUT2D eigenvalue weighted by Gasteiger charge is 2.36. The van der Waals surface area contributed by atoms with Crippen LogP contribution in [0.4, 0.5) is 4.79 Å². The molecular formula is C14H12I2N2O4S. The van der Waals surface area contributed by atoms with Gasteiger partial charge in [0.2, 0.25) is 5.91 Å². The first-order chi connectivity index (χ1) is 10.8. The Kier molecular flexibility index (Phi) is 6.31.